The Morgan fingerprint density at radius 1 is 0.214 bits per heavy atom. The summed E-state index contributed by atoms with van der Waals surface area (Å²) < 4.78 is 18.6. The fraction of sp³-hybridized carbons (Fsp3) is 0. The van der Waals surface area contributed by atoms with Crippen molar-refractivity contribution in [2.45, 2.75) is 0 Å². The predicted octanol–water partition coefficient (Wildman–Crippen LogP) is 26.0. The van der Waals surface area contributed by atoms with Gasteiger partial charge in [-0.2, -0.15) is 0 Å². The van der Waals surface area contributed by atoms with Gasteiger partial charge in [-0.05, 0) is 11.1 Å². The van der Waals surface area contributed by atoms with Crippen LogP contribution in [-0.2, 0) is 0 Å². The number of anilines is 15. The number of ether oxygens (including phenoxy) is 2. The summed E-state index contributed by atoms with van der Waals surface area (Å²) in [4.78, 5) is 12.3. The van der Waals surface area contributed by atoms with E-state index in [1.807, 2.05) is 0 Å². The Bertz CT molecular complexity index is 4990. The summed E-state index contributed by atoms with van der Waals surface area (Å²) in [6, 6.07) is 132. The third kappa shape index (κ3) is 9.78. The Morgan fingerprint density at radius 3 is 1.00 bits per heavy atom. The van der Waals surface area contributed by atoms with Crippen LogP contribution >= 0.6 is 19.8 Å². The van der Waals surface area contributed by atoms with Crippen LogP contribution in [0.15, 0.2) is 364 Å². The fourth-order valence-corrected chi connectivity index (χ4v) is 20.8. The minimum absolute atomic E-state index is 0.746. The first kappa shape index (κ1) is 57.1. The fourth-order valence-electron chi connectivity index (χ4n) is 14.5. The standard InChI is InChI=1S/C90H60IN5O2/c1-7-23-61(24-8-1)65-39-47-71(48-40-65)92(72-49-41-66(42-50-72)62-25-9-2-10-26-62)75-55-78-89-87(57-75)97-85-37-21-19-35-79(85)95(89)81-60-83-82(59-77(81)91(78)69-31-15-5-16-32-69)94(70-33-17-6-18-34-70)84-56-76(58-88-90(84)96(83)80-36-20-22-38-86(80)98-88)93(73-51-43-67(44-52-73)63-27-11-3-12-28-63)74-53-45-68(46-54-74)64-29-13-4-14-30-64/h1-60H. The van der Waals surface area contributed by atoms with Crippen LogP contribution in [-0.4, -0.2) is 0 Å². The van der Waals surface area contributed by atoms with Crippen LogP contribution in [0.5, 0.6) is 23.0 Å². The molecule has 4 heterocycles. The third-order valence-electron chi connectivity index (χ3n) is 19.0. The molecule has 19 rings (SSSR count). The van der Waals surface area contributed by atoms with E-state index >= 15 is 0 Å². The van der Waals surface area contributed by atoms with E-state index in [4.69, 9.17) is 9.47 Å². The molecule has 0 fully saturated rings. The molecule has 98 heavy (non-hydrogen) atoms. The molecular weight excluding hydrogens is 1310 g/mol. The predicted molar refractivity (Wildman–Crippen MR) is 412 cm³/mol. The van der Waals surface area contributed by atoms with Crippen LogP contribution < -0.4 is 34.0 Å². The molecule has 4 aliphatic heterocycles. The molecule has 0 spiro atoms. The van der Waals surface area contributed by atoms with Gasteiger partial charge in [0.1, 0.15) is 0 Å². The van der Waals surface area contributed by atoms with Gasteiger partial charge in [0.2, 0.25) is 0 Å². The molecule has 8 heteroatoms. The molecule has 4 aliphatic rings. The summed E-state index contributed by atoms with van der Waals surface area (Å²) in [7, 11) is 0. The monoisotopic (exact) mass is 1370 g/mol. The second kappa shape index (κ2) is 23.8. The minimum Gasteiger partial charge on any atom is -0.0617 e. The van der Waals surface area contributed by atoms with Crippen molar-refractivity contribution in [2.24, 2.45) is 0 Å². The Labute approximate surface area is 577 Å². The van der Waals surface area contributed by atoms with E-state index in [-0.39, 0.29) is 0 Å². The van der Waals surface area contributed by atoms with Gasteiger partial charge in [0.25, 0.3) is 0 Å². The maximum Gasteiger partial charge on any atom is -0.0544 e. The topological polar surface area (TPSA) is 34.7 Å². The van der Waals surface area contributed by atoms with Crippen LogP contribution in [0.2, 0.25) is 0 Å². The van der Waals surface area contributed by atoms with E-state index in [0.717, 1.165) is 131 Å². The van der Waals surface area contributed by atoms with Crippen LogP contribution in [0, 0.1) is 10.7 Å². The number of benzene rings is 15. The molecule has 464 valence electrons. The number of para-hydroxylation sites is 5. The minimum atomic E-state index is -2.82. The Morgan fingerprint density at radius 2 is 0.561 bits per heavy atom. The van der Waals surface area contributed by atoms with Gasteiger partial charge < -0.3 is 0 Å². The van der Waals surface area contributed by atoms with Crippen molar-refractivity contribution in [2.75, 3.05) is 24.5 Å². The molecule has 0 bridgehead atoms. The van der Waals surface area contributed by atoms with Gasteiger partial charge in [0, 0.05) is 0 Å². The van der Waals surface area contributed by atoms with Gasteiger partial charge in [0.05, 0.1) is 0 Å². The Balaban J connectivity index is 0.837. The zero-order valence-corrected chi connectivity index (χ0v) is 55.2. The van der Waals surface area contributed by atoms with Gasteiger partial charge >= 0.3 is 510 Å². The number of hydrogen-bond donors (Lipinski definition) is 0. The van der Waals surface area contributed by atoms with Gasteiger partial charge in [-0.1, -0.05) is 60.7 Å². The van der Waals surface area contributed by atoms with Crippen LogP contribution in [0.3, 0.4) is 0 Å². The average molecular weight is 1370 g/mol. The second-order valence-corrected chi connectivity index (χ2v) is 29.9. The summed E-state index contributed by atoms with van der Waals surface area (Å²) in [6.07, 6.45) is 0. The maximum absolute atomic E-state index is 7.35. The van der Waals surface area contributed by atoms with E-state index in [2.05, 4.69) is 388 Å². The van der Waals surface area contributed by atoms with E-state index in [1.54, 1.807) is 0 Å². The van der Waals surface area contributed by atoms with E-state index in [9.17, 15) is 0 Å². The van der Waals surface area contributed by atoms with Crippen molar-refractivity contribution >= 4 is 105 Å². The second-order valence-electron chi connectivity index (χ2n) is 24.8. The van der Waals surface area contributed by atoms with E-state index in [1.165, 1.54) is 33.0 Å². The first-order valence-corrected chi connectivity index (χ1v) is 36.3. The smallest absolute Gasteiger partial charge is 0.0544 e. The summed E-state index contributed by atoms with van der Waals surface area (Å²) in [5.41, 5.74) is 24.6. The van der Waals surface area contributed by atoms with E-state index in [0.29, 0.717) is 0 Å². The first-order chi connectivity index (χ1) is 48.6. The van der Waals surface area contributed by atoms with Crippen molar-refractivity contribution in [3.63, 3.8) is 0 Å². The number of hydrogen-bond acceptors (Lipinski definition) is 7. The van der Waals surface area contributed by atoms with Gasteiger partial charge in [-0.3, -0.25) is 0 Å². The molecule has 7 nitrogen and oxygen atoms in total. The Kier molecular flexibility index (Phi) is 13.9. The molecule has 15 aromatic carbocycles. The molecule has 0 unspecified atom stereocenters. The summed E-state index contributed by atoms with van der Waals surface area (Å²) in [6.45, 7) is 0. The molecule has 0 saturated heterocycles. The van der Waals surface area contributed by atoms with Crippen molar-refractivity contribution in [1.82, 2.24) is 0 Å². The zero-order chi connectivity index (χ0) is 64.6. The normalized spacial score (nSPS) is 12.9. The number of nitrogens with zero attached hydrogens (tertiary/aromatic N) is 5. The van der Waals surface area contributed by atoms with Crippen molar-refractivity contribution in [1.29, 1.82) is 0 Å². The molecule has 0 atom stereocenters. The molecule has 0 N–H and O–H groups in total. The van der Waals surface area contributed by atoms with Crippen molar-refractivity contribution in [3.05, 3.63) is 375 Å². The Hall–Kier alpha value is -12.4. The van der Waals surface area contributed by atoms with Crippen LogP contribution in [0.25, 0.3) is 44.5 Å². The molecule has 15 aromatic rings. The SMILES string of the molecule is c1ccc(-c2ccc(N(c3ccc(-c4ccccc4)cc3)c3cc4c5c(c3)N(c3ccccc3)c3cc6c(cc3N5c3ccccc3O4)N3c4ccccc4Oc4cc(N(c5ccc(-c7ccccc7)cc5)c5ccc(-c7ccccc7)cc5)cc(c43)I6c3ccccc3)cc2)cc1. The van der Waals surface area contributed by atoms with Crippen LogP contribution in [0.1, 0.15) is 0 Å². The van der Waals surface area contributed by atoms with Crippen LogP contribution in [0.4, 0.5) is 85.3 Å². The molecule has 0 aliphatic carbocycles. The average Bonchev–Trinajstić information content (AvgIpc) is 0.691. The zero-order valence-electron chi connectivity index (χ0n) is 53.1. The number of halogens is 1. The molecule has 0 aromatic heterocycles. The van der Waals surface area contributed by atoms with Gasteiger partial charge in [-0.25, -0.2) is 0 Å². The quantitative estimate of drug-likeness (QED) is 0.113. The first-order valence-electron chi connectivity index (χ1n) is 33.1. The third-order valence-corrected chi connectivity index (χ3v) is 25.0. The van der Waals surface area contributed by atoms with Crippen molar-refractivity contribution in [3.8, 4) is 67.5 Å². The summed E-state index contributed by atoms with van der Waals surface area (Å²) in [5.74, 6) is 3.11. The van der Waals surface area contributed by atoms with Gasteiger partial charge in [-0.15, -0.1) is 0 Å². The largest absolute Gasteiger partial charge is 0.0617 e. The maximum atomic E-state index is 7.35. The van der Waals surface area contributed by atoms with Crippen molar-refractivity contribution < 1.29 is 9.47 Å². The summed E-state index contributed by atoms with van der Waals surface area (Å²) >= 11 is -2.82. The molecule has 0 amide bonds. The van der Waals surface area contributed by atoms with E-state index < -0.39 is 19.8 Å². The molecule has 0 saturated carbocycles. The van der Waals surface area contributed by atoms with Gasteiger partial charge in [0.15, 0.2) is 0 Å². The summed E-state index contributed by atoms with van der Waals surface area (Å²) in [5, 5.41) is 0. The number of rotatable bonds is 12. The molecule has 0 radical (unpaired) electrons. The number of fused-ring (bicyclic) bond motifs is 8. The molecular formula is C90H60IN5O2.